The molecule has 0 radical (unpaired) electrons. The summed E-state index contributed by atoms with van der Waals surface area (Å²) < 4.78 is 1.05. The average molecular weight is 320 g/mol. The molecule has 1 atom stereocenters. The van der Waals surface area contributed by atoms with Crippen LogP contribution >= 0.6 is 28.6 Å². The Morgan fingerprint density at radius 3 is 2.83 bits per heavy atom. The Morgan fingerprint density at radius 2 is 2.00 bits per heavy atom. The van der Waals surface area contributed by atoms with Gasteiger partial charge in [-0.05, 0) is 58.5 Å². The van der Waals surface area contributed by atoms with Crippen molar-refractivity contribution in [3.63, 3.8) is 0 Å². The number of halogens is 1. The van der Waals surface area contributed by atoms with Crippen LogP contribution in [-0.4, -0.2) is 4.98 Å². The third-order valence-corrected chi connectivity index (χ3v) is 4.44. The van der Waals surface area contributed by atoms with Gasteiger partial charge in [0.15, 0.2) is 0 Å². The lowest BCUT2D eigenvalue weighted by molar-refractivity contribution is 0.947. The van der Waals surface area contributed by atoms with Gasteiger partial charge in [-0.1, -0.05) is 23.8 Å². The van der Waals surface area contributed by atoms with E-state index in [4.69, 9.17) is 12.6 Å². The molecule has 0 saturated carbocycles. The Morgan fingerprint density at radius 1 is 1.22 bits per heavy atom. The fraction of sp³-hybridized carbons (Fsp3) is 0.267. The average Bonchev–Trinajstić information content (AvgIpc) is 2.47. The Kier molecular flexibility index (Phi) is 3.20. The number of fused-ring (bicyclic) bond motifs is 2. The summed E-state index contributed by atoms with van der Waals surface area (Å²) in [6, 6.07) is 8.80. The minimum atomic E-state index is 0.0891. The second kappa shape index (κ2) is 4.71. The van der Waals surface area contributed by atoms with Gasteiger partial charge in [0.1, 0.15) is 0 Å². The van der Waals surface area contributed by atoms with Gasteiger partial charge in [0, 0.05) is 10.7 Å². The van der Waals surface area contributed by atoms with Gasteiger partial charge in [0.2, 0.25) is 0 Å². The van der Waals surface area contributed by atoms with Crippen LogP contribution in [0, 0.1) is 6.92 Å². The number of rotatable bonds is 0. The molecule has 3 rings (SSSR count). The van der Waals surface area contributed by atoms with Crippen molar-refractivity contribution < 1.29 is 0 Å². The van der Waals surface area contributed by atoms with E-state index in [0.717, 1.165) is 23.0 Å². The molecule has 18 heavy (non-hydrogen) atoms. The SMILES string of the molecule is Cc1ccc2c(c1)CCc1cc(Br)cnc1C2S. The van der Waals surface area contributed by atoms with Crippen molar-refractivity contribution in [3.8, 4) is 0 Å². The molecule has 1 aliphatic rings. The zero-order valence-electron chi connectivity index (χ0n) is 10.2. The van der Waals surface area contributed by atoms with Crippen LogP contribution in [0.15, 0.2) is 34.9 Å². The number of thiol groups is 1. The first-order valence-electron chi connectivity index (χ1n) is 6.07. The summed E-state index contributed by atoms with van der Waals surface area (Å²) in [5.74, 6) is 0. The minimum absolute atomic E-state index is 0.0891. The van der Waals surface area contributed by atoms with E-state index in [-0.39, 0.29) is 5.25 Å². The van der Waals surface area contributed by atoms with Crippen molar-refractivity contribution >= 4 is 28.6 Å². The predicted molar refractivity (Wildman–Crippen MR) is 81.4 cm³/mol. The van der Waals surface area contributed by atoms with E-state index in [1.54, 1.807) is 0 Å². The Labute approximate surface area is 121 Å². The Bertz CT molecular complexity index is 556. The summed E-state index contributed by atoms with van der Waals surface area (Å²) in [6.45, 7) is 2.14. The molecule has 0 N–H and O–H groups in total. The van der Waals surface area contributed by atoms with Crippen molar-refractivity contribution in [1.82, 2.24) is 4.98 Å². The highest BCUT2D eigenvalue weighted by atomic mass is 79.9. The van der Waals surface area contributed by atoms with Crippen molar-refractivity contribution in [2.24, 2.45) is 0 Å². The fourth-order valence-corrected chi connectivity index (χ4v) is 3.44. The van der Waals surface area contributed by atoms with E-state index in [9.17, 15) is 0 Å². The molecule has 0 bridgehead atoms. The molecular weight excluding hydrogens is 306 g/mol. The van der Waals surface area contributed by atoms with E-state index in [1.807, 2.05) is 6.20 Å². The van der Waals surface area contributed by atoms with Crippen LogP contribution in [0.2, 0.25) is 0 Å². The van der Waals surface area contributed by atoms with E-state index in [2.05, 4.69) is 52.1 Å². The molecular formula is C15H14BrNS. The first-order valence-corrected chi connectivity index (χ1v) is 7.38. The predicted octanol–water partition coefficient (Wildman–Crippen LogP) is 4.27. The van der Waals surface area contributed by atoms with Crippen LogP contribution in [0.3, 0.4) is 0 Å². The van der Waals surface area contributed by atoms with Crippen LogP contribution in [0.4, 0.5) is 0 Å². The van der Waals surface area contributed by atoms with Gasteiger partial charge in [-0.15, -0.1) is 0 Å². The summed E-state index contributed by atoms with van der Waals surface area (Å²) in [5, 5.41) is 0.0891. The van der Waals surface area contributed by atoms with Crippen LogP contribution in [-0.2, 0) is 12.8 Å². The summed E-state index contributed by atoms with van der Waals surface area (Å²) in [7, 11) is 0. The first-order chi connectivity index (χ1) is 8.65. The molecule has 0 spiro atoms. The maximum absolute atomic E-state index is 4.78. The number of benzene rings is 1. The maximum atomic E-state index is 4.78. The molecule has 1 aliphatic carbocycles. The summed E-state index contributed by atoms with van der Waals surface area (Å²) in [6.07, 6.45) is 3.97. The highest BCUT2D eigenvalue weighted by Gasteiger charge is 2.22. The van der Waals surface area contributed by atoms with Gasteiger partial charge in [-0.3, -0.25) is 4.98 Å². The minimum Gasteiger partial charge on any atom is -0.258 e. The first kappa shape index (κ1) is 12.2. The van der Waals surface area contributed by atoms with E-state index < -0.39 is 0 Å². The summed E-state index contributed by atoms with van der Waals surface area (Å²) in [5.41, 5.74) is 6.43. The molecule has 3 heteroatoms. The topological polar surface area (TPSA) is 12.9 Å². The monoisotopic (exact) mass is 319 g/mol. The lowest BCUT2D eigenvalue weighted by Crippen LogP contribution is -2.00. The number of pyridine rings is 1. The number of aromatic nitrogens is 1. The van der Waals surface area contributed by atoms with Crippen LogP contribution in [0.1, 0.15) is 33.2 Å². The quantitative estimate of drug-likeness (QED) is 0.715. The molecule has 2 aromatic rings. The van der Waals surface area contributed by atoms with Gasteiger partial charge in [-0.25, -0.2) is 0 Å². The van der Waals surface area contributed by atoms with E-state index >= 15 is 0 Å². The third-order valence-electron chi connectivity index (χ3n) is 3.48. The highest BCUT2D eigenvalue weighted by Crippen LogP contribution is 2.36. The normalized spacial score (nSPS) is 17.8. The Balaban J connectivity index is 2.15. The van der Waals surface area contributed by atoms with Gasteiger partial charge in [0.05, 0.1) is 10.9 Å². The number of hydrogen-bond acceptors (Lipinski definition) is 2. The van der Waals surface area contributed by atoms with Crippen molar-refractivity contribution in [2.75, 3.05) is 0 Å². The van der Waals surface area contributed by atoms with Gasteiger partial charge in [-0.2, -0.15) is 12.6 Å². The lowest BCUT2D eigenvalue weighted by Gasteiger charge is -2.14. The highest BCUT2D eigenvalue weighted by molar-refractivity contribution is 9.10. The molecule has 1 nitrogen and oxygen atoms in total. The molecule has 1 aromatic carbocycles. The molecule has 1 heterocycles. The second-order valence-electron chi connectivity index (χ2n) is 4.80. The van der Waals surface area contributed by atoms with Crippen molar-refractivity contribution in [3.05, 3.63) is 62.9 Å². The summed E-state index contributed by atoms with van der Waals surface area (Å²) >= 11 is 8.27. The zero-order valence-corrected chi connectivity index (χ0v) is 12.6. The summed E-state index contributed by atoms with van der Waals surface area (Å²) in [4.78, 5) is 4.56. The molecule has 0 aliphatic heterocycles. The fourth-order valence-electron chi connectivity index (χ4n) is 2.57. The van der Waals surface area contributed by atoms with Crippen molar-refractivity contribution in [2.45, 2.75) is 25.0 Å². The molecule has 1 unspecified atom stereocenters. The van der Waals surface area contributed by atoms with Crippen molar-refractivity contribution in [1.29, 1.82) is 0 Å². The van der Waals surface area contributed by atoms with E-state index in [1.165, 1.54) is 22.3 Å². The van der Waals surface area contributed by atoms with Gasteiger partial charge < -0.3 is 0 Å². The zero-order chi connectivity index (χ0) is 12.7. The smallest absolute Gasteiger partial charge is 0.0694 e. The molecule has 0 amide bonds. The van der Waals surface area contributed by atoms with Crippen LogP contribution in [0.5, 0.6) is 0 Å². The lowest BCUT2D eigenvalue weighted by atomic mass is 10.00. The van der Waals surface area contributed by atoms with Gasteiger partial charge >= 0.3 is 0 Å². The van der Waals surface area contributed by atoms with E-state index in [0.29, 0.717) is 0 Å². The molecule has 0 fully saturated rings. The third kappa shape index (κ3) is 2.10. The molecule has 0 saturated heterocycles. The van der Waals surface area contributed by atoms with Crippen LogP contribution < -0.4 is 0 Å². The van der Waals surface area contributed by atoms with Crippen LogP contribution in [0.25, 0.3) is 0 Å². The number of nitrogens with zero attached hydrogens (tertiary/aromatic N) is 1. The molecule has 92 valence electrons. The number of aryl methyl sites for hydroxylation is 3. The maximum Gasteiger partial charge on any atom is 0.0694 e. The largest absolute Gasteiger partial charge is 0.258 e. The standard InChI is InChI=1S/C15H14BrNS/c1-9-2-5-13-10(6-9)3-4-11-7-12(16)8-17-14(11)15(13)18/h2,5-8,15,18H,3-4H2,1H3. The molecule has 1 aromatic heterocycles. The van der Waals surface area contributed by atoms with Gasteiger partial charge in [0.25, 0.3) is 0 Å². The Hall–Kier alpha value is -0.800. The second-order valence-corrected chi connectivity index (χ2v) is 6.23. The number of hydrogen-bond donors (Lipinski definition) is 1.